The van der Waals surface area contributed by atoms with E-state index in [0.29, 0.717) is 37.0 Å². The van der Waals surface area contributed by atoms with Crippen LogP contribution in [0.15, 0.2) is 83.9 Å². The SMILES string of the molecule is COc1cccc(C(C(N)=NCCc2ccccc2)N2CCC(C(=O)Nc3ccccc3)CC2)c1OC.N=N. The summed E-state index contributed by atoms with van der Waals surface area (Å²) in [5.41, 5.74) is 19.6. The predicted octanol–water partition coefficient (Wildman–Crippen LogP) is 5.29. The smallest absolute Gasteiger partial charge is 0.227 e. The molecule has 4 rings (SSSR count). The quantitative estimate of drug-likeness (QED) is 0.160. The first kappa shape index (κ1) is 29.3. The number of amides is 1. The van der Waals surface area contributed by atoms with Gasteiger partial charge in [-0.1, -0.05) is 60.7 Å². The maximum absolute atomic E-state index is 12.9. The summed E-state index contributed by atoms with van der Waals surface area (Å²) in [5.74, 6) is 1.85. The number of methoxy groups -OCH3 is 2. The summed E-state index contributed by atoms with van der Waals surface area (Å²) < 4.78 is 11.3. The molecule has 0 spiro atoms. The molecule has 0 radical (unpaired) electrons. The Labute approximate surface area is 230 Å². The van der Waals surface area contributed by atoms with E-state index in [1.54, 1.807) is 14.2 Å². The molecule has 1 fully saturated rings. The molecule has 9 nitrogen and oxygen atoms in total. The normalized spacial score (nSPS) is 15.0. The van der Waals surface area contributed by atoms with Gasteiger partial charge in [0.05, 0.1) is 20.3 Å². The van der Waals surface area contributed by atoms with E-state index in [4.69, 9.17) is 31.3 Å². The number of nitrogens with one attached hydrogen (secondary N) is 3. The highest BCUT2D eigenvalue weighted by atomic mass is 16.5. The van der Waals surface area contributed by atoms with Gasteiger partial charge in [-0.15, -0.1) is 0 Å². The number of nitrogens with zero attached hydrogens (tertiary/aromatic N) is 2. The number of para-hydroxylation sites is 2. The predicted molar refractivity (Wildman–Crippen MR) is 154 cm³/mol. The van der Waals surface area contributed by atoms with E-state index >= 15 is 0 Å². The molecule has 0 bridgehead atoms. The Balaban J connectivity index is 0.00000205. The van der Waals surface area contributed by atoms with Crippen LogP contribution in [0.4, 0.5) is 5.69 Å². The van der Waals surface area contributed by atoms with Gasteiger partial charge >= 0.3 is 0 Å². The lowest BCUT2D eigenvalue weighted by atomic mass is 9.92. The van der Waals surface area contributed by atoms with Gasteiger partial charge in [-0.3, -0.25) is 14.7 Å². The van der Waals surface area contributed by atoms with Gasteiger partial charge in [0.2, 0.25) is 5.91 Å². The Morgan fingerprint density at radius 3 is 2.23 bits per heavy atom. The van der Waals surface area contributed by atoms with E-state index in [1.165, 1.54) is 5.56 Å². The lowest BCUT2D eigenvalue weighted by molar-refractivity contribution is -0.121. The third kappa shape index (κ3) is 7.87. The summed E-state index contributed by atoms with van der Waals surface area (Å²) in [7, 11) is 3.27. The molecule has 1 aliphatic heterocycles. The number of nitrogens with two attached hydrogens (primary N) is 1. The molecule has 9 heteroatoms. The van der Waals surface area contributed by atoms with Gasteiger partial charge in [-0.05, 0) is 56.1 Å². The fraction of sp³-hybridized carbons (Fsp3) is 0.333. The molecule has 0 aromatic heterocycles. The second-order valence-electron chi connectivity index (χ2n) is 9.19. The van der Waals surface area contributed by atoms with Crippen LogP contribution in [-0.4, -0.2) is 50.5 Å². The van der Waals surface area contributed by atoms with Gasteiger partial charge in [0.25, 0.3) is 0 Å². The van der Waals surface area contributed by atoms with Crippen molar-refractivity contribution in [3.05, 3.63) is 90.0 Å². The number of likely N-dealkylation sites (tertiary alicyclic amines) is 1. The highest BCUT2D eigenvalue weighted by Crippen LogP contribution is 2.38. The summed E-state index contributed by atoms with van der Waals surface area (Å²) in [6.07, 6.45) is 2.28. The van der Waals surface area contributed by atoms with Gasteiger partial charge in [-0.25, -0.2) is 11.1 Å². The molecule has 3 aromatic rings. The molecule has 1 aliphatic rings. The number of piperidine rings is 1. The molecule has 206 valence electrons. The summed E-state index contributed by atoms with van der Waals surface area (Å²) in [6, 6.07) is 25.4. The maximum Gasteiger partial charge on any atom is 0.227 e. The number of aliphatic imine (C=N–C) groups is 1. The Kier molecular flexibility index (Phi) is 11.5. The van der Waals surface area contributed by atoms with Crippen LogP contribution in [0.3, 0.4) is 0 Å². The van der Waals surface area contributed by atoms with Crippen molar-refractivity contribution in [2.75, 3.05) is 39.2 Å². The van der Waals surface area contributed by atoms with E-state index in [1.807, 2.05) is 66.7 Å². The first-order valence-electron chi connectivity index (χ1n) is 13.0. The van der Waals surface area contributed by atoms with Crippen molar-refractivity contribution in [1.29, 1.82) is 11.1 Å². The molecule has 5 N–H and O–H groups in total. The molecule has 1 saturated heterocycles. The van der Waals surface area contributed by atoms with Crippen LogP contribution >= 0.6 is 0 Å². The number of hydrogen-bond donors (Lipinski definition) is 4. The summed E-state index contributed by atoms with van der Waals surface area (Å²) >= 11 is 0. The molecule has 0 saturated carbocycles. The topological polar surface area (TPSA) is 137 Å². The van der Waals surface area contributed by atoms with Crippen LogP contribution in [-0.2, 0) is 11.2 Å². The molecule has 0 aliphatic carbocycles. The zero-order valence-corrected chi connectivity index (χ0v) is 22.6. The van der Waals surface area contributed by atoms with Crippen LogP contribution in [0.2, 0.25) is 0 Å². The number of anilines is 1. The number of amidine groups is 1. The van der Waals surface area contributed by atoms with Gasteiger partial charge in [0.1, 0.15) is 5.84 Å². The Morgan fingerprint density at radius 1 is 0.974 bits per heavy atom. The minimum absolute atomic E-state index is 0.0550. The molecule has 1 heterocycles. The van der Waals surface area contributed by atoms with Crippen LogP contribution < -0.4 is 20.5 Å². The van der Waals surface area contributed by atoms with Crippen LogP contribution in [0, 0.1) is 17.0 Å². The van der Waals surface area contributed by atoms with E-state index in [2.05, 4.69) is 22.3 Å². The van der Waals surface area contributed by atoms with Crippen LogP contribution in [0.25, 0.3) is 0 Å². The largest absolute Gasteiger partial charge is 0.493 e. The zero-order valence-electron chi connectivity index (χ0n) is 22.6. The summed E-state index contributed by atoms with van der Waals surface area (Å²) in [6.45, 7) is 2.02. The highest BCUT2D eigenvalue weighted by Gasteiger charge is 2.33. The summed E-state index contributed by atoms with van der Waals surface area (Å²) in [5, 5.41) is 3.04. The number of rotatable bonds is 10. The molecular weight excluding hydrogens is 492 g/mol. The van der Waals surface area contributed by atoms with Crippen molar-refractivity contribution in [3.8, 4) is 11.5 Å². The van der Waals surface area contributed by atoms with Gasteiger partial charge in [0.15, 0.2) is 11.5 Å². The average molecular weight is 531 g/mol. The lowest BCUT2D eigenvalue weighted by Gasteiger charge is -2.37. The van der Waals surface area contributed by atoms with E-state index in [0.717, 1.165) is 30.5 Å². The van der Waals surface area contributed by atoms with Crippen LogP contribution in [0.5, 0.6) is 11.5 Å². The number of carbonyl (C=O) groups is 1. The molecule has 1 atom stereocenters. The molecule has 1 amide bonds. The van der Waals surface area contributed by atoms with Gasteiger partial charge < -0.3 is 20.5 Å². The third-order valence-corrected chi connectivity index (χ3v) is 6.85. The van der Waals surface area contributed by atoms with Crippen molar-refractivity contribution in [3.63, 3.8) is 0 Å². The first-order valence-corrected chi connectivity index (χ1v) is 13.0. The number of hydrogen-bond acceptors (Lipinski definition) is 7. The monoisotopic (exact) mass is 530 g/mol. The van der Waals surface area contributed by atoms with Crippen molar-refractivity contribution in [2.24, 2.45) is 16.6 Å². The Hall–Kier alpha value is -4.24. The average Bonchev–Trinajstić information content (AvgIpc) is 2.99. The second-order valence-corrected chi connectivity index (χ2v) is 9.19. The van der Waals surface area contributed by atoms with E-state index < -0.39 is 0 Å². The Bertz CT molecular complexity index is 1200. The van der Waals surface area contributed by atoms with Gasteiger partial charge in [-0.2, -0.15) is 0 Å². The Morgan fingerprint density at radius 2 is 1.62 bits per heavy atom. The fourth-order valence-electron chi connectivity index (χ4n) is 4.90. The maximum atomic E-state index is 12.9. The lowest BCUT2D eigenvalue weighted by Crippen LogP contribution is -2.44. The van der Waals surface area contributed by atoms with Gasteiger partial charge in [0, 0.05) is 23.7 Å². The molecule has 1 unspecified atom stereocenters. The molecular formula is C30H38N6O3. The zero-order chi connectivity index (χ0) is 28.0. The van der Waals surface area contributed by atoms with Crippen molar-refractivity contribution < 1.29 is 14.3 Å². The second kappa shape index (κ2) is 15.2. The number of carbonyl (C=O) groups excluding carboxylic acids is 1. The van der Waals surface area contributed by atoms with Crippen LogP contribution in [0.1, 0.15) is 30.0 Å². The molecule has 39 heavy (non-hydrogen) atoms. The minimum atomic E-state index is -0.279. The van der Waals surface area contributed by atoms with Crippen molar-refractivity contribution in [2.45, 2.75) is 25.3 Å². The molecule has 3 aromatic carbocycles. The first-order chi connectivity index (χ1) is 19.1. The number of benzene rings is 3. The highest BCUT2D eigenvalue weighted by molar-refractivity contribution is 5.92. The number of ether oxygens (including phenoxy) is 2. The standard InChI is InChI=1S/C30H36N4O3.H2N2/c1-36-26-15-9-14-25(28(26)37-2)27(29(31)32-19-16-22-10-5-3-6-11-22)34-20-17-23(18-21-34)30(35)33-24-12-7-4-8-13-24;1-2/h3-15,23,27H,16-21H2,1-2H3,(H2,31,32)(H,33,35);1-2H. The van der Waals surface area contributed by atoms with E-state index in [9.17, 15) is 4.79 Å². The summed E-state index contributed by atoms with van der Waals surface area (Å²) in [4.78, 5) is 20.0. The third-order valence-electron chi connectivity index (χ3n) is 6.85. The minimum Gasteiger partial charge on any atom is -0.493 e. The van der Waals surface area contributed by atoms with Crippen molar-refractivity contribution in [1.82, 2.24) is 4.90 Å². The van der Waals surface area contributed by atoms with Crippen molar-refractivity contribution >= 4 is 17.4 Å². The fourth-order valence-corrected chi connectivity index (χ4v) is 4.90. The van der Waals surface area contributed by atoms with E-state index in [-0.39, 0.29) is 17.9 Å².